The molecule has 1 amide bonds. The van der Waals surface area contributed by atoms with E-state index >= 15 is 0 Å². The third-order valence-corrected chi connectivity index (χ3v) is 2.50. The largest absolute Gasteiger partial charge is 0.476 e. The Morgan fingerprint density at radius 3 is 2.39 bits per heavy atom. The lowest BCUT2D eigenvalue weighted by molar-refractivity contribution is -0.132. The van der Waals surface area contributed by atoms with E-state index in [0.717, 1.165) is 25.9 Å². The minimum absolute atomic E-state index is 0.0289. The van der Waals surface area contributed by atoms with E-state index in [4.69, 9.17) is 5.11 Å². The predicted molar refractivity (Wildman–Crippen MR) is 66.3 cm³/mol. The number of aromatic carboxylic acids is 1. The van der Waals surface area contributed by atoms with Crippen LogP contribution in [0.25, 0.3) is 0 Å². The van der Waals surface area contributed by atoms with E-state index in [2.05, 4.69) is 5.10 Å². The minimum atomic E-state index is -1.08. The van der Waals surface area contributed by atoms with E-state index in [0.29, 0.717) is 0 Å². The van der Waals surface area contributed by atoms with Gasteiger partial charge in [-0.1, -0.05) is 13.8 Å². The second-order valence-corrected chi connectivity index (χ2v) is 4.08. The van der Waals surface area contributed by atoms with E-state index in [1.54, 1.807) is 4.90 Å². The van der Waals surface area contributed by atoms with E-state index < -0.39 is 5.97 Å². The maximum atomic E-state index is 12.0. The maximum absolute atomic E-state index is 12.0. The fourth-order valence-electron chi connectivity index (χ4n) is 1.70. The molecule has 1 aromatic rings. The number of carbonyl (C=O) groups excluding carboxylic acids is 1. The summed E-state index contributed by atoms with van der Waals surface area (Å²) < 4.78 is 1.37. The van der Waals surface area contributed by atoms with Gasteiger partial charge in [0, 0.05) is 19.3 Å². The Labute approximate surface area is 106 Å². The van der Waals surface area contributed by atoms with Crippen LogP contribution < -0.4 is 0 Å². The minimum Gasteiger partial charge on any atom is -0.476 e. The van der Waals surface area contributed by atoms with Gasteiger partial charge in [0.2, 0.25) is 5.91 Å². The Balaban J connectivity index is 2.63. The van der Waals surface area contributed by atoms with Gasteiger partial charge < -0.3 is 10.0 Å². The molecule has 0 spiro atoms. The van der Waals surface area contributed by atoms with Crippen molar-refractivity contribution in [2.45, 2.75) is 33.2 Å². The molecule has 1 heterocycles. The van der Waals surface area contributed by atoms with Crippen LogP contribution in [-0.2, 0) is 11.3 Å². The van der Waals surface area contributed by atoms with Crippen molar-refractivity contribution < 1.29 is 14.7 Å². The molecule has 0 aromatic carbocycles. The molecular weight excluding hydrogens is 234 g/mol. The van der Waals surface area contributed by atoms with Crippen molar-refractivity contribution in [1.29, 1.82) is 0 Å². The average Bonchev–Trinajstić information content (AvgIpc) is 2.77. The van der Waals surface area contributed by atoms with Crippen molar-refractivity contribution in [3.63, 3.8) is 0 Å². The molecule has 0 aliphatic heterocycles. The first kappa shape index (κ1) is 14.2. The van der Waals surface area contributed by atoms with Crippen molar-refractivity contribution in [2.75, 3.05) is 13.1 Å². The molecule has 6 nitrogen and oxygen atoms in total. The second kappa shape index (κ2) is 6.78. The maximum Gasteiger partial charge on any atom is 0.356 e. The van der Waals surface area contributed by atoms with Crippen molar-refractivity contribution in [1.82, 2.24) is 14.7 Å². The van der Waals surface area contributed by atoms with E-state index in [9.17, 15) is 9.59 Å². The van der Waals surface area contributed by atoms with Crippen LogP contribution in [0.5, 0.6) is 0 Å². The van der Waals surface area contributed by atoms with E-state index in [1.165, 1.54) is 16.9 Å². The fourth-order valence-corrected chi connectivity index (χ4v) is 1.70. The number of carbonyl (C=O) groups is 2. The topological polar surface area (TPSA) is 75.4 Å². The standard InChI is InChI=1S/C12H19N3O3/c1-3-6-14(7-4-2)11(16)9-15-8-5-10(13-15)12(17)18/h5,8H,3-4,6-7,9H2,1-2H3,(H,17,18). The number of nitrogens with zero attached hydrogens (tertiary/aromatic N) is 3. The van der Waals surface area contributed by atoms with Gasteiger partial charge in [-0.25, -0.2) is 4.79 Å². The van der Waals surface area contributed by atoms with Gasteiger partial charge in [-0.2, -0.15) is 5.10 Å². The number of rotatable bonds is 7. The smallest absolute Gasteiger partial charge is 0.356 e. The van der Waals surface area contributed by atoms with Crippen molar-refractivity contribution >= 4 is 11.9 Å². The lowest BCUT2D eigenvalue weighted by Gasteiger charge is -2.21. The molecular formula is C12H19N3O3. The van der Waals surface area contributed by atoms with Crippen molar-refractivity contribution in [3.05, 3.63) is 18.0 Å². The van der Waals surface area contributed by atoms with Crippen LogP contribution in [0.3, 0.4) is 0 Å². The monoisotopic (exact) mass is 253 g/mol. The summed E-state index contributed by atoms with van der Waals surface area (Å²) in [5.74, 6) is -1.11. The van der Waals surface area contributed by atoms with Gasteiger partial charge in [0.1, 0.15) is 6.54 Å². The summed E-state index contributed by atoms with van der Waals surface area (Å²) in [7, 11) is 0. The SMILES string of the molecule is CCCN(CCC)C(=O)Cn1ccc(C(=O)O)n1. The van der Waals surface area contributed by atoms with Crippen LogP contribution >= 0.6 is 0 Å². The molecule has 0 atom stereocenters. The molecule has 0 saturated carbocycles. The third-order valence-electron chi connectivity index (χ3n) is 2.50. The summed E-state index contributed by atoms with van der Waals surface area (Å²) in [6, 6.07) is 1.39. The van der Waals surface area contributed by atoms with Gasteiger partial charge in [0.05, 0.1) is 0 Å². The normalized spacial score (nSPS) is 10.3. The molecule has 0 bridgehead atoms. The Kier molecular flexibility index (Phi) is 5.35. The van der Waals surface area contributed by atoms with Crippen LogP contribution in [-0.4, -0.2) is 44.8 Å². The summed E-state index contributed by atoms with van der Waals surface area (Å²) in [5.41, 5.74) is -0.0414. The number of carboxylic acid groups (broad SMARTS) is 1. The van der Waals surface area contributed by atoms with Gasteiger partial charge in [-0.3, -0.25) is 9.48 Å². The molecule has 0 unspecified atom stereocenters. The molecule has 100 valence electrons. The number of hydrogen-bond acceptors (Lipinski definition) is 3. The molecule has 0 radical (unpaired) electrons. The average molecular weight is 253 g/mol. The molecule has 0 aliphatic carbocycles. The highest BCUT2D eigenvalue weighted by Gasteiger charge is 2.14. The van der Waals surface area contributed by atoms with Gasteiger partial charge in [-0.05, 0) is 18.9 Å². The van der Waals surface area contributed by atoms with E-state index in [1.807, 2.05) is 13.8 Å². The summed E-state index contributed by atoms with van der Waals surface area (Å²) in [5, 5.41) is 12.6. The highest BCUT2D eigenvalue weighted by molar-refractivity contribution is 5.85. The number of amides is 1. The van der Waals surface area contributed by atoms with Crippen LogP contribution in [0.1, 0.15) is 37.2 Å². The highest BCUT2D eigenvalue weighted by atomic mass is 16.4. The second-order valence-electron chi connectivity index (χ2n) is 4.08. The zero-order valence-electron chi connectivity index (χ0n) is 10.8. The lowest BCUT2D eigenvalue weighted by Crippen LogP contribution is -2.35. The Hall–Kier alpha value is -1.85. The molecule has 0 saturated heterocycles. The highest BCUT2D eigenvalue weighted by Crippen LogP contribution is 2.00. The van der Waals surface area contributed by atoms with Crippen LogP contribution in [0, 0.1) is 0 Å². The van der Waals surface area contributed by atoms with Gasteiger partial charge in [-0.15, -0.1) is 0 Å². The number of hydrogen-bond donors (Lipinski definition) is 1. The van der Waals surface area contributed by atoms with Crippen molar-refractivity contribution in [3.8, 4) is 0 Å². The summed E-state index contributed by atoms with van der Waals surface area (Å²) in [4.78, 5) is 24.4. The quantitative estimate of drug-likeness (QED) is 0.793. The predicted octanol–water partition coefficient (Wildman–Crippen LogP) is 1.23. The molecule has 0 fully saturated rings. The number of carboxylic acids is 1. The summed E-state index contributed by atoms with van der Waals surface area (Å²) in [6.45, 7) is 5.57. The first-order valence-corrected chi connectivity index (χ1v) is 6.13. The van der Waals surface area contributed by atoms with Crippen LogP contribution in [0.4, 0.5) is 0 Å². The van der Waals surface area contributed by atoms with Gasteiger partial charge in [0.15, 0.2) is 5.69 Å². The Bertz CT molecular complexity index is 408. The Morgan fingerprint density at radius 2 is 1.94 bits per heavy atom. The molecule has 1 aromatic heterocycles. The van der Waals surface area contributed by atoms with Crippen LogP contribution in [0.2, 0.25) is 0 Å². The van der Waals surface area contributed by atoms with Crippen molar-refractivity contribution in [2.24, 2.45) is 0 Å². The first-order chi connectivity index (χ1) is 8.58. The molecule has 1 N–H and O–H groups in total. The molecule has 6 heteroatoms. The van der Waals surface area contributed by atoms with Crippen LogP contribution in [0.15, 0.2) is 12.3 Å². The third kappa shape index (κ3) is 3.87. The van der Waals surface area contributed by atoms with E-state index in [-0.39, 0.29) is 18.1 Å². The first-order valence-electron chi connectivity index (χ1n) is 6.13. The zero-order chi connectivity index (χ0) is 13.5. The van der Waals surface area contributed by atoms with Gasteiger partial charge in [0.25, 0.3) is 0 Å². The molecule has 0 aliphatic rings. The lowest BCUT2D eigenvalue weighted by atomic mass is 10.3. The molecule has 18 heavy (non-hydrogen) atoms. The zero-order valence-corrected chi connectivity index (χ0v) is 10.8. The Morgan fingerprint density at radius 1 is 1.33 bits per heavy atom. The van der Waals surface area contributed by atoms with Gasteiger partial charge >= 0.3 is 5.97 Å². The molecule has 1 rings (SSSR count). The number of aromatic nitrogens is 2. The summed E-state index contributed by atoms with van der Waals surface area (Å²) >= 11 is 0. The summed E-state index contributed by atoms with van der Waals surface area (Å²) in [6.07, 6.45) is 3.33. The fraction of sp³-hybridized carbons (Fsp3) is 0.583.